The first kappa shape index (κ1) is 14.6. The Bertz CT molecular complexity index is 378. The van der Waals surface area contributed by atoms with Gasteiger partial charge in [0.15, 0.2) is 5.96 Å². The smallest absolute Gasteiger partial charge is 0.194 e. The predicted octanol–water partition coefficient (Wildman–Crippen LogP) is 2.42. The number of guanidine groups is 1. The highest BCUT2D eigenvalue weighted by Gasteiger charge is 2.10. The number of hydrogen-bond donors (Lipinski definition) is 1. The zero-order valence-corrected chi connectivity index (χ0v) is 13.3. The van der Waals surface area contributed by atoms with E-state index < -0.39 is 0 Å². The van der Waals surface area contributed by atoms with E-state index in [0.29, 0.717) is 0 Å². The lowest BCUT2D eigenvalue weighted by Gasteiger charge is -2.15. The first-order valence-corrected chi connectivity index (χ1v) is 6.64. The molecule has 0 spiro atoms. The molecule has 1 aromatic carbocycles. The van der Waals surface area contributed by atoms with Crippen LogP contribution in [0, 0.1) is 0 Å². The van der Waals surface area contributed by atoms with Crippen molar-refractivity contribution in [3.05, 3.63) is 29.8 Å². The van der Waals surface area contributed by atoms with E-state index in [-0.39, 0.29) is 24.0 Å². The third-order valence-electron chi connectivity index (χ3n) is 2.67. The van der Waals surface area contributed by atoms with Gasteiger partial charge >= 0.3 is 0 Å². The van der Waals surface area contributed by atoms with Gasteiger partial charge in [-0.2, -0.15) is 0 Å². The molecule has 1 aliphatic rings. The fourth-order valence-corrected chi connectivity index (χ4v) is 2.06. The van der Waals surface area contributed by atoms with Crippen molar-refractivity contribution in [3.8, 4) is 0 Å². The Labute approximate surface area is 124 Å². The molecule has 1 aliphatic heterocycles. The number of rotatable bonds is 3. The lowest BCUT2D eigenvalue weighted by atomic mass is 10.2. The Morgan fingerprint density at radius 1 is 1.35 bits per heavy atom. The number of benzene rings is 1. The average Bonchev–Trinajstić information content (AvgIpc) is 2.73. The summed E-state index contributed by atoms with van der Waals surface area (Å²) >= 11 is 1.77. The monoisotopic (exact) mass is 363 g/mol. The molecule has 0 aliphatic carbocycles. The first-order valence-electron chi connectivity index (χ1n) is 5.42. The van der Waals surface area contributed by atoms with Crippen molar-refractivity contribution in [2.45, 2.75) is 11.4 Å². The van der Waals surface area contributed by atoms with Crippen LogP contribution in [-0.2, 0) is 6.54 Å². The van der Waals surface area contributed by atoms with Gasteiger partial charge in [0, 0.05) is 25.0 Å². The van der Waals surface area contributed by atoms with Crippen LogP contribution in [0.25, 0.3) is 0 Å². The summed E-state index contributed by atoms with van der Waals surface area (Å²) in [5.74, 6) is 1.01. The zero-order valence-electron chi connectivity index (χ0n) is 10.1. The highest BCUT2D eigenvalue weighted by atomic mass is 127. The molecule has 1 N–H and O–H groups in total. The van der Waals surface area contributed by atoms with E-state index in [1.54, 1.807) is 11.8 Å². The second-order valence-corrected chi connectivity index (χ2v) is 4.71. The maximum absolute atomic E-state index is 4.39. The summed E-state index contributed by atoms with van der Waals surface area (Å²) in [4.78, 5) is 7.85. The summed E-state index contributed by atoms with van der Waals surface area (Å²) in [7, 11) is 2.07. The van der Waals surface area contributed by atoms with Crippen LogP contribution >= 0.6 is 35.7 Å². The van der Waals surface area contributed by atoms with E-state index in [1.807, 2.05) is 0 Å². The minimum Gasteiger partial charge on any atom is -0.352 e. The van der Waals surface area contributed by atoms with Crippen LogP contribution in [0.5, 0.6) is 0 Å². The molecule has 0 fully saturated rings. The molecular formula is C12H18IN3S. The molecule has 1 heterocycles. The van der Waals surface area contributed by atoms with E-state index in [0.717, 1.165) is 25.6 Å². The molecule has 0 saturated carbocycles. The van der Waals surface area contributed by atoms with Crippen LogP contribution in [0.3, 0.4) is 0 Å². The van der Waals surface area contributed by atoms with Crippen LogP contribution in [0.1, 0.15) is 5.56 Å². The average molecular weight is 363 g/mol. The van der Waals surface area contributed by atoms with Crippen molar-refractivity contribution in [1.82, 2.24) is 10.2 Å². The Morgan fingerprint density at radius 3 is 2.59 bits per heavy atom. The molecule has 2 rings (SSSR count). The molecule has 0 atom stereocenters. The Hall–Kier alpha value is -0.430. The first-order chi connectivity index (χ1) is 7.79. The standard InChI is InChI=1S/C12H17N3S.HI/c1-15-8-7-13-12(15)14-9-10-3-5-11(16-2)6-4-10;/h3-6H,7-9H2,1-2H3,(H,13,14);1H. The molecule has 3 nitrogen and oxygen atoms in total. The summed E-state index contributed by atoms with van der Waals surface area (Å²) < 4.78 is 0. The van der Waals surface area contributed by atoms with Crippen LogP contribution < -0.4 is 5.32 Å². The van der Waals surface area contributed by atoms with Crippen molar-refractivity contribution in [3.63, 3.8) is 0 Å². The molecule has 17 heavy (non-hydrogen) atoms. The van der Waals surface area contributed by atoms with Gasteiger partial charge in [-0.1, -0.05) is 12.1 Å². The minimum absolute atomic E-state index is 0. The van der Waals surface area contributed by atoms with Crippen molar-refractivity contribution in [1.29, 1.82) is 0 Å². The van der Waals surface area contributed by atoms with Crippen LogP contribution in [0.15, 0.2) is 34.2 Å². The van der Waals surface area contributed by atoms with Gasteiger partial charge in [-0.25, -0.2) is 0 Å². The molecule has 0 amide bonds. The number of nitrogens with one attached hydrogen (secondary N) is 1. The Morgan fingerprint density at radius 2 is 2.06 bits per heavy atom. The maximum Gasteiger partial charge on any atom is 0.194 e. The normalized spacial score (nSPS) is 14.2. The number of thioether (sulfide) groups is 1. The second kappa shape index (κ2) is 7.10. The summed E-state index contributed by atoms with van der Waals surface area (Å²) in [5.41, 5.74) is 1.29. The van der Waals surface area contributed by atoms with Crippen LogP contribution in [-0.4, -0.2) is 37.3 Å². The summed E-state index contributed by atoms with van der Waals surface area (Å²) in [6.07, 6.45) is 2.09. The largest absolute Gasteiger partial charge is 0.352 e. The molecular weight excluding hydrogens is 345 g/mol. The summed E-state index contributed by atoms with van der Waals surface area (Å²) in [6.45, 7) is 2.77. The molecule has 0 radical (unpaired) electrons. The number of hydrogen-bond acceptors (Lipinski definition) is 4. The molecule has 0 aromatic heterocycles. The third-order valence-corrected chi connectivity index (χ3v) is 3.41. The highest BCUT2D eigenvalue weighted by Crippen LogP contribution is 2.14. The van der Waals surface area contributed by atoms with E-state index in [4.69, 9.17) is 0 Å². The van der Waals surface area contributed by atoms with Crippen LogP contribution in [0.2, 0.25) is 0 Å². The minimum atomic E-state index is 0. The van der Waals surface area contributed by atoms with Crippen molar-refractivity contribution >= 4 is 41.7 Å². The predicted molar refractivity (Wildman–Crippen MR) is 85.4 cm³/mol. The van der Waals surface area contributed by atoms with Gasteiger partial charge in [-0.3, -0.25) is 4.99 Å². The number of likely N-dealkylation sites (N-methyl/N-ethyl adjacent to an activating group) is 1. The number of nitrogens with zero attached hydrogens (tertiary/aromatic N) is 2. The SMILES string of the molecule is CSc1ccc(CNC2=NCCN2C)cc1.I. The molecule has 0 unspecified atom stereocenters. The molecule has 5 heteroatoms. The second-order valence-electron chi connectivity index (χ2n) is 3.83. The van der Waals surface area contributed by atoms with Crippen molar-refractivity contribution in [2.24, 2.45) is 4.99 Å². The van der Waals surface area contributed by atoms with Gasteiger partial charge in [0.1, 0.15) is 0 Å². The van der Waals surface area contributed by atoms with Gasteiger partial charge in [0.05, 0.1) is 6.54 Å². The quantitative estimate of drug-likeness (QED) is 0.660. The molecule has 1 aromatic rings. The van der Waals surface area contributed by atoms with Gasteiger partial charge in [0.2, 0.25) is 0 Å². The lowest BCUT2D eigenvalue weighted by molar-refractivity contribution is 0.534. The van der Waals surface area contributed by atoms with E-state index in [2.05, 4.69) is 52.8 Å². The van der Waals surface area contributed by atoms with Gasteiger partial charge in [-0.15, -0.1) is 35.7 Å². The summed E-state index contributed by atoms with van der Waals surface area (Å²) in [6, 6.07) is 8.63. The van der Waals surface area contributed by atoms with Crippen LogP contribution in [0.4, 0.5) is 0 Å². The van der Waals surface area contributed by atoms with Crippen molar-refractivity contribution in [2.75, 3.05) is 26.4 Å². The van der Waals surface area contributed by atoms with Gasteiger partial charge in [0.25, 0.3) is 0 Å². The fourth-order valence-electron chi connectivity index (χ4n) is 1.65. The van der Waals surface area contributed by atoms with Crippen molar-refractivity contribution < 1.29 is 0 Å². The topological polar surface area (TPSA) is 27.6 Å². The Balaban J connectivity index is 0.00000144. The molecule has 0 saturated heterocycles. The number of halogens is 1. The van der Waals surface area contributed by atoms with Gasteiger partial charge in [-0.05, 0) is 24.0 Å². The number of aliphatic imine (C=N–C) groups is 1. The van der Waals surface area contributed by atoms with E-state index in [1.165, 1.54) is 10.5 Å². The van der Waals surface area contributed by atoms with Gasteiger partial charge < -0.3 is 10.2 Å². The van der Waals surface area contributed by atoms with E-state index >= 15 is 0 Å². The molecule has 94 valence electrons. The van der Waals surface area contributed by atoms with E-state index in [9.17, 15) is 0 Å². The summed E-state index contributed by atoms with van der Waals surface area (Å²) in [5, 5.41) is 3.35. The zero-order chi connectivity index (χ0) is 11.4. The highest BCUT2D eigenvalue weighted by molar-refractivity contribution is 14.0. The molecule has 0 bridgehead atoms. The lowest BCUT2D eigenvalue weighted by Crippen LogP contribution is -2.35. The Kier molecular flexibility index (Phi) is 6.11. The maximum atomic E-state index is 4.39. The fraction of sp³-hybridized carbons (Fsp3) is 0.417. The third kappa shape index (κ3) is 4.06.